The van der Waals surface area contributed by atoms with Crippen LogP contribution >= 0.6 is 7.14 Å². The number of aliphatic hydroxyl groups is 1. The van der Waals surface area contributed by atoms with Gasteiger partial charge in [-0.15, -0.1) is 0 Å². The molecule has 0 aromatic heterocycles. The van der Waals surface area contributed by atoms with Gasteiger partial charge in [0, 0.05) is 17.2 Å². The van der Waals surface area contributed by atoms with Crippen molar-refractivity contribution in [3.63, 3.8) is 0 Å². The maximum Gasteiger partial charge on any atom is 0.261 e. The molecule has 0 aliphatic heterocycles. The molecule has 2 unspecified atom stereocenters. The highest BCUT2D eigenvalue weighted by molar-refractivity contribution is 7.80. The zero-order chi connectivity index (χ0) is 39.7. The molecule has 3 atom stereocenters. The van der Waals surface area contributed by atoms with E-state index in [1.54, 1.807) is 0 Å². The lowest BCUT2D eigenvalue weighted by Crippen LogP contribution is -2.66. The number of aliphatic hydroxyl groups excluding tert-OH is 1. The molecule has 1 saturated carbocycles. The molecule has 0 heterocycles. The van der Waals surface area contributed by atoms with Crippen LogP contribution < -0.4 is 21.0 Å². The van der Waals surface area contributed by atoms with Gasteiger partial charge in [-0.1, -0.05) is 239 Å². The molecule has 5 rings (SSSR count). The Hall–Kier alpha value is -2.75. The third kappa shape index (κ3) is 10.6. The predicted octanol–water partition coefficient (Wildman–Crippen LogP) is 12.3. The molecule has 0 bridgehead atoms. The number of unbranched alkanes of at least 4 members (excludes halogenated alkanes) is 13. The van der Waals surface area contributed by atoms with E-state index >= 15 is 4.57 Å². The third-order valence-corrected chi connectivity index (χ3v) is 21.9. The van der Waals surface area contributed by atoms with Crippen LogP contribution in [0.4, 0.5) is 0 Å². The predicted molar refractivity (Wildman–Crippen MR) is 244 cm³/mol. The summed E-state index contributed by atoms with van der Waals surface area (Å²) in [5, 5.41) is 16.0. The van der Waals surface area contributed by atoms with Crippen molar-refractivity contribution in [2.24, 2.45) is 5.92 Å². The maximum atomic E-state index is 16.0. The Morgan fingerprint density at radius 3 is 1.43 bits per heavy atom. The van der Waals surface area contributed by atoms with Gasteiger partial charge in [-0.2, -0.15) is 0 Å². The molecule has 0 radical (unpaired) electrons. The molecule has 1 aliphatic carbocycles. The first-order valence-corrected chi connectivity index (χ1v) is 26.0. The van der Waals surface area contributed by atoms with Gasteiger partial charge in [0.05, 0.1) is 11.3 Å². The summed E-state index contributed by atoms with van der Waals surface area (Å²) in [5.41, 5.74) is 0. The van der Waals surface area contributed by atoms with Gasteiger partial charge in [-0.05, 0) is 47.0 Å². The van der Waals surface area contributed by atoms with Crippen molar-refractivity contribution in [3.8, 4) is 0 Å². The van der Waals surface area contributed by atoms with Gasteiger partial charge < -0.3 is 14.1 Å². The summed E-state index contributed by atoms with van der Waals surface area (Å²) in [5.74, 6) is 0.235. The van der Waals surface area contributed by atoms with Crippen LogP contribution in [0.25, 0.3) is 0 Å². The quantitative estimate of drug-likeness (QED) is 0.0391. The largest absolute Gasteiger partial charge is 0.407 e. The Morgan fingerprint density at radius 2 is 1.02 bits per heavy atom. The number of benzene rings is 4. The van der Waals surface area contributed by atoms with Crippen molar-refractivity contribution >= 4 is 36.4 Å². The Bertz CT molecular complexity index is 1630. The van der Waals surface area contributed by atoms with Crippen molar-refractivity contribution in [2.75, 3.05) is 6.61 Å². The summed E-state index contributed by atoms with van der Waals surface area (Å²) in [7, 11) is -5.89. The minimum absolute atomic E-state index is 0.110. The van der Waals surface area contributed by atoms with Crippen LogP contribution in [0.5, 0.6) is 0 Å². The number of hydrogen-bond donors (Lipinski definition) is 1. The third-order valence-electron chi connectivity index (χ3n) is 12.8. The Morgan fingerprint density at radius 1 is 0.625 bits per heavy atom. The van der Waals surface area contributed by atoms with E-state index in [-0.39, 0.29) is 11.0 Å². The summed E-state index contributed by atoms with van der Waals surface area (Å²) < 4.78 is 23.3. The Labute approximate surface area is 342 Å². The molecule has 56 heavy (non-hydrogen) atoms. The fourth-order valence-electron chi connectivity index (χ4n) is 9.70. The molecule has 0 amide bonds. The van der Waals surface area contributed by atoms with E-state index in [0.29, 0.717) is 19.4 Å². The lowest BCUT2D eigenvalue weighted by Gasteiger charge is -2.43. The van der Waals surface area contributed by atoms with Gasteiger partial charge in [0.25, 0.3) is 8.32 Å². The van der Waals surface area contributed by atoms with Crippen LogP contribution in [-0.4, -0.2) is 31.3 Å². The summed E-state index contributed by atoms with van der Waals surface area (Å²) >= 11 is 0. The number of rotatable bonds is 26. The molecule has 4 aromatic carbocycles. The zero-order valence-electron chi connectivity index (χ0n) is 35.3. The minimum atomic E-state index is -3.20. The first-order chi connectivity index (χ1) is 27.2. The van der Waals surface area contributed by atoms with E-state index < -0.39 is 26.7 Å². The summed E-state index contributed by atoms with van der Waals surface area (Å²) in [4.78, 5) is 0. The molecular formula is C51H73O3PSi. The van der Waals surface area contributed by atoms with Gasteiger partial charge in [0.1, 0.15) is 0 Å². The molecule has 5 heteroatoms. The van der Waals surface area contributed by atoms with E-state index in [9.17, 15) is 5.11 Å². The van der Waals surface area contributed by atoms with Gasteiger partial charge in [-0.3, -0.25) is 0 Å². The normalized spacial score (nSPS) is 17.8. The molecule has 304 valence electrons. The highest BCUT2D eigenvalue weighted by Gasteiger charge is 2.68. The second kappa shape index (κ2) is 21.8. The summed E-state index contributed by atoms with van der Waals surface area (Å²) in [6.07, 6.45) is 21.2. The summed E-state index contributed by atoms with van der Waals surface area (Å²) in [6, 6.07) is 41.8. The molecule has 3 nitrogen and oxygen atoms in total. The topological polar surface area (TPSA) is 46.5 Å². The highest BCUT2D eigenvalue weighted by atomic mass is 31.2. The van der Waals surface area contributed by atoms with Gasteiger partial charge in [0.2, 0.25) is 0 Å². The molecular weight excluding hydrogens is 720 g/mol. The van der Waals surface area contributed by atoms with Crippen LogP contribution in [-0.2, 0) is 8.99 Å². The Balaban J connectivity index is 1.25. The lowest BCUT2D eigenvalue weighted by molar-refractivity contribution is 0.133. The monoisotopic (exact) mass is 793 g/mol. The summed E-state index contributed by atoms with van der Waals surface area (Å²) in [6.45, 7) is 9.77. The number of hydrogen-bond acceptors (Lipinski definition) is 3. The Kier molecular flexibility index (Phi) is 17.3. The first-order valence-electron chi connectivity index (χ1n) is 22.4. The average molecular weight is 793 g/mol. The van der Waals surface area contributed by atoms with E-state index in [4.69, 9.17) is 4.43 Å². The molecule has 1 aliphatic rings. The van der Waals surface area contributed by atoms with Gasteiger partial charge in [0.15, 0.2) is 7.14 Å². The van der Waals surface area contributed by atoms with Crippen LogP contribution in [0.1, 0.15) is 143 Å². The average Bonchev–Trinajstić information content (AvgIpc) is 3.97. The van der Waals surface area contributed by atoms with Crippen molar-refractivity contribution in [3.05, 3.63) is 121 Å². The fraction of sp³-hybridized carbons (Fsp3) is 0.529. The highest BCUT2D eigenvalue weighted by Crippen LogP contribution is 2.74. The second-order valence-electron chi connectivity index (χ2n) is 17.7. The SMILES string of the molecule is CCCCCCCCCCCCCCCC[C@@H]1CC1(C(O)CCCO[Si](c1ccccc1)(c1ccccc1)C(C)(C)C)P(=O)(c1ccccc1)c1ccccc1. The van der Waals surface area contributed by atoms with Crippen LogP contribution in [0.15, 0.2) is 121 Å². The fourth-order valence-corrected chi connectivity index (χ4v) is 18.4. The molecule has 0 spiro atoms. The van der Waals surface area contributed by atoms with E-state index in [1.807, 2.05) is 60.7 Å². The van der Waals surface area contributed by atoms with Crippen LogP contribution in [0.2, 0.25) is 5.04 Å². The van der Waals surface area contributed by atoms with Crippen molar-refractivity contribution in [2.45, 2.75) is 160 Å². The molecule has 0 saturated heterocycles. The first kappa shape index (κ1) is 44.4. The van der Waals surface area contributed by atoms with Crippen molar-refractivity contribution < 1.29 is 14.1 Å². The van der Waals surface area contributed by atoms with Crippen LogP contribution in [0.3, 0.4) is 0 Å². The van der Waals surface area contributed by atoms with E-state index in [0.717, 1.165) is 29.9 Å². The minimum Gasteiger partial charge on any atom is -0.407 e. The van der Waals surface area contributed by atoms with E-state index in [1.165, 1.54) is 93.8 Å². The van der Waals surface area contributed by atoms with Crippen molar-refractivity contribution in [1.29, 1.82) is 0 Å². The second-order valence-corrected chi connectivity index (χ2v) is 25.1. The van der Waals surface area contributed by atoms with Gasteiger partial charge >= 0.3 is 0 Å². The van der Waals surface area contributed by atoms with E-state index in [2.05, 4.69) is 88.4 Å². The van der Waals surface area contributed by atoms with Gasteiger partial charge in [-0.25, -0.2) is 0 Å². The zero-order valence-corrected chi connectivity index (χ0v) is 37.2. The maximum absolute atomic E-state index is 16.0. The molecule has 1 fully saturated rings. The lowest BCUT2D eigenvalue weighted by atomic mass is 10.0. The van der Waals surface area contributed by atoms with Crippen molar-refractivity contribution in [1.82, 2.24) is 0 Å². The smallest absolute Gasteiger partial charge is 0.261 e. The van der Waals surface area contributed by atoms with Crippen LogP contribution in [0, 0.1) is 5.92 Å². The molecule has 4 aromatic rings. The molecule has 1 N–H and O–H groups in total. The standard InChI is InChI=1S/C51H73O3PSi/c1-5-6-7-8-9-10-11-12-13-14-15-16-17-22-32-44-43-51(44,55(53,45-33-23-18-24-34-45)46-35-25-19-26-36-46)49(52)41-31-42-54-56(50(2,3)4,47-37-27-20-28-38-47)48-39-29-21-30-40-48/h18-21,23-30,33-40,44,49,52H,5-17,22,31-32,41-43H2,1-4H3/t44-,49?,51?/m1/s1.